The minimum Gasteiger partial charge on any atom is -0.374 e. The lowest BCUT2D eigenvalue weighted by Crippen LogP contribution is -2.44. The van der Waals surface area contributed by atoms with E-state index in [9.17, 15) is 0 Å². The van der Waals surface area contributed by atoms with Crippen LogP contribution in [0.25, 0.3) is 0 Å². The highest BCUT2D eigenvalue weighted by Crippen LogP contribution is 2.30. The fourth-order valence-electron chi connectivity index (χ4n) is 1.76. The van der Waals surface area contributed by atoms with Gasteiger partial charge in [-0.1, -0.05) is 0 Å². The highest BCUT2D eigenvalue weighted by atomic mass is 16.5. The molecule has 0 radical (unpaired) electrons. The van der Waals surface area contributed by atoms with E-state index in [1.165, 1.54) is 6.42 Å². The van der Waals surface area contributed by atoms with Crippen molar-refractivity contribution in [3.8, 4) is 0 Å². The number of hydrogen-bond acceptors (Lipinski definition) is 2. The van der Waals surface area contributed by atoms with E-state index < -0.39 is 0 Å². The summed E-state index contributed by atoms with van der Waals surface area (Å²) in [4.78, 5) is 2.38. The molecule has 1 unspecified atom stereocenters. The molecule has 1 atom stereocenters. The Bertz CT molecular complexity index is 154. The monoisotopic (exact) mass is 171 g/mol. The Labute approximate surface area is 75.9 Å². The molecule has 1 rings (SSSR count). The van der Waals surface area contributed by atoms with E-state index in [0.29, 0.717) is 12.2 Å². The van der Waals surface area contributed by atoms with Gasteiger partial charge in [0, 0.05) is 12.1 Å². The lowest BCUT2D eigenvalue weighted by Gasteiger charge is -2.34. The van der Waals surface area contributed by atoms with E-state index in [0.717, 1.165) is 6.54 Å². The molecule has 0 aliphatic carbocycles. The van der Waals surface area contributed by atoms with Crippen molar-refractivity contribution in [2.75, 3.05) is 13.6 Å². The fraction of sp³-hybridized carbons (Fsp3) is 1.00. The number of nitrogens with zero attached hydrogens (tertiary/aromatic N) is 1. The van der Waals surface area contributed by atoms with Crippen LogP contribution in [0.1, 0.15) is 34.1 Å². The van der Waals surface area contributed by atoms with Gasteiger partial charge in [0.25, 0.3) is 0 Å². The second kappa shape index (κ2) is 3.35. The Morgan fingerprint density at radius 3 is 2.33 bits per heavy atom. The maximum atomic E-state index is 5.86. The lowest BCUT2D eigenvalue weighted by molar-refractivity contribution is -0.0378. The van der Waals surface area contributed by atoms with E-state index in [1.807, 2.05) is 0 Å². The molecule has 1 aliphatic rings. The first-order valence-electron chi connectivity index (χ1n) is 4.81. The van der Waals surface area contributed by atoms with E-state index in [1.54, 1.807) is 0 Å². The molecule has 0 bridgehead atoms. The second-order valence-corrected chi connectivity index (χ2v) is 4.54. The van der Waals surface area contributed by atoms with Crippen LogP contribution >= 0.6 is 0 Å². The van der Waals surface area contributed by atoms with E-state index >= 15 is 0 Å². The van der Waals surface area contributed by atoms with Crippen LogP contribution in [0.15, 0.2) is 0 Å². The van der Waals surface area contributed by atoms with Gasteiger partial charge >= 0.3 is 0 Å². The molecule has 0 aromatic rings. The Kier molecular flexibility index (Phi) is 2.79. The molecule has 0 N–H and O–H groups in total. The predicted molar refractivity (Wildman–Crippen MR) is 51.3 cm³/mol. The maximum Gasteiger partial charge on any atom is 0.0768 e. The lowest BCUT2D eigenvalue weighted by atomic mass is 9.99. The average molecular weight is 171 g/mol. The molecular weight excluding hydrogens is 150 g/mol. The molecule has 2 nitrogen and oxygen atoms in total. The van der Waals surface area contributed by atoms with Crippen LogP contribution in [0, 0.1) is 0 Å². The molecule has 12 heavy (non-hydrogen) atoms. The van der Waals surface area contributed by atoms with Gasteiger partial charge < -0.3 is 4.74 Å². The third-order valence-corrected chi connectivity index (χ3v) is 2.93. The predicted octanol–water partition coefficient (Wildman–Crippen LogP) is 1.89. The minimum absolute atomic E-state index is 0.213. The first-order valence-corrected chi connectivity index (χ1v) is 4.81. The van der Waals surface area contributed by atoms with Crippen LogP contribution in [0.3, 0.4) is 0 Å². The van der Waals surface area contributed by atoms with Gasteiger partial charge in [-0.25, -0.2) is 0 Å². The molecule has 72 valence electrons. The molecular formula is C10H21NO. The van der Waals surface area contributed by atoms with Crippen molar-refractivity contribution in [1.29, 1.82) is 0 Å². The van der Waals surface area contributed by atoms with Gasteiger partial charge in [-0.05, 0) is 41.2 Å². The Morgan fingerprint density at radius 2 is 2.00 bits per heavy atom. The summed E-state index contributed by atoms with van der Waals surface area (Å²) in [5.74, 6) is 0. The summed E-state index contributed by atoms with van der Waals surface area (Å²) in [6.07, 6.45) is 1.92. The standard InChI is InChI=1S/C10H21NO/c1-8(2)12-9-6-7-11(5)10(9,3)4/h8-9H,6-7H2,1-5H3. The summed E-state index contributed by atoms with van der Waals surface area (Å²) in [5.41, 5.74) is 0.213. The number of hydrogen-bond donors (Lipinski definition) is 0. The van der Waals surface area contributed by atoms with Crippen molar-refractivity contribution in [1.82, 2.24) is 4.90 Å². The third kappa shape index (κ3) is 1.80. The van der Waals surface area contributed by atoms with E-state index in [-0.39, 0.29) is 5.54 Å². The number of rotatable bonds is 2. The molecule has 0 amide bonds. The summed E-state index contributed by atoms with van der Waals surface area (Å²) < 4.78 is 5.86. The van der Waals surface area contributed by atoms with Crippen LogP contribution < -0.4 is 0 Å². The van der Waals surface area contributed by atoms with Crippen LogP contribution in [-0.2, 0) is 4.74 Å². The fourth-order valence-corrected chi connectivity index (χ4v) is 1.76. The summed E-state index contributed by atoms with van der Waals surface area (Å²) in [5, 5.41) is 0. The highest BCUT2D eigenvalue weighted by Gasteiger charge is 2.39. The first kappa shape index (κ1) is 10.0. The van der Waals surface area contributed by atoms with Gasteiger partial charge in [-0.15, -0.1) is 0 Å². The smallest absolute Gasteiger partial charge is 0.0768 e. The Balaban J connectivity index is 2.56. The van der Waals surface area contributed by atoms with Crippen LogP contribution in [0.5, 0.6) is 0 Å². The zero-order chi connectivity index (χ0) is 9.35. The van der Waals surface area contributed by atoms with Gasteiger partial charge in [-0.2, -0.15) is 0 Å². The SMILES string of the molecule is CC(C)OC1CCN(C)C1(C)C. The van der Waals surface area contributed by atoms with Crippen molar-refractivity contribution in [2.45, 2.75) is 51.9 Å². The van der Waals surface area contributed by atoms with Crippen LogP contribution in [0.2, 0.25) is 0 Å². The van der Waals surface area contributed by atoms with Crippen molar-refractivity contribution in [3.63, 3.8) is 0 Å². The van der Waals surface area contributed by atoms with Crippen molar-refractivity contribution >= 4 is 0 Å². The van der Waals surface area contributed by atoms with E-state index in [2.05, 4.69) is 39.6 Å². The topological polar surface area (TPSA) is 12.5 Å². The second-order valence-electron chi connectivity index (χ2n) is 4.54. The molecule has 1 heterocycles. The van der Waals surface area contributed by atoms with Crippen molar-refractivity contribution < 1.29 is 4.74 Å². The molecule has 0 aromatic heterocycles. The molecule has 0 aromatic carbocycles. The molecule has 1 aliphatic heterocycles. The van der Waals surface area contributed by atoms with Gasteiger partial charge in [-0.3, -0.25) is 4.90 Å². The molecule has 0 saturated carbocycles. The average Bonchev–Trinajstić information content (AvgIpc) is 2.15. The van der Waals surface area contributed by atoms with Crippen LogP contribution in [-0.4, -0.2) is 36.2 Å². The molecule has 2 heteroatoms. The number of likely N-dealkylation sites (tertiary alicyclic amines) is 1. The molecule has 1 saturated heterocycles. The Morgan fingerprint density at radius 1 is 1.42 bits per heavy atom. The summed E-state index contributed by atoms with van der Waals surface area (Å²) in [7, 11) is 2.17. The maximum absolute atomic E-state index is 5.86. The summed E-state index contributed by atoms with van der Waals surface area (Å²) in [6.45, 7) is 9.88. The van der Waals surface area contributed by atoms with Crippen molar-refractivity contribution in [3.05, 3.63) is 0 Å². The van der Waals surface area contributed by atoms with Gasteiger partial charge in [0.05, 0.1) is 12.2 Å². The zero-order valence-electron chi connectivity index (χ0n) is 8.92. The molecule has 1 fully saturated rings. The van der Waals surface area contributed by atoms with Crippen molar-refractivity contribution in [2.24, 2.45) is 0 Å². The summed E-state index contributed by atoms with van der Waals surface area (Å²) in [6, 6.07) is 0. The highest BCUT2D eigenvalue weighted by molar-refractivity contribution is 4.95. The zero-order valence-corrected chi connectivity index (χ0v) is 8.92. The largest absolute Gasteiger partial charge is 0.374 e. The summed E-state index contributed by atoms with van der Waals surface area (Å²) >= 11 is 0. The minimum atomic E-state index is 0.213. The van der Waals surface area contributed by atoms with Gasteiger partial charge in [0.1, 0.15) is 0 Å². The Hall–Kier alpha value is -0.0800. The first-order chi connectivity index (χ1) is 5.44. The number of likely N-dealkylation sites (N-methyl/N-ethyl adjacent to an activating group) is 1. The van der Waals surface area contributed by atoms with Gasteiger partial charge in [0.2, 0.25) is 0 Å². The van der Waals surface area contributed by atoms with E-state index in [4.69, 9.17) is 4.74 Å². The molecule has 0 spiro atoms. The van der Waals surface area contributed by atoms with Crippen LogP contribution in [0.4, 0.5) is 0 Å². The third-order valence-electron chi connectivity index (χ3n) is 2.93. The number of ether oxygens (including phenoxy) is 1. The normalized spacial score (nSPS) is 30.0. The van der Waals surface area contributed by atoms with Gasteiger partial charge in [0.15, 0.2) is 0 Å². The quantitative estimate of drug-likeness (QED) is 0.629.